The van der Waals surface area contributed by atoms with Crippen LogP contribution in [0.4, 0.5) is 0 Å². The van der Waals surface area contributed by atoms with Crippen molar-refractivity contribution >= 4 is 0 Å². The van der Waals surface area contributed by atoms with Crippen LogP contribution in [0, 0.1) is 0 Å². The Kier molecular flexibility index (Phi) is 3.96. The number of benzene rings is 1. The summed E-state index contributed by atoms with van der Waals surface area (Å²) in [6.07, 6.45) is 0.921. The van der Waals surface area contributed by atoms with Gasteiger partial charge in [0.05, 0.1) is 7.11 Å². The topological polar surface area (TPSA) is 35.2 Å². The van der Waals surface area contributed by atoms with Crippen molar-refractivity contribution in [3.8, 4) is 5.75 Å². The molecule has 2 N–H and O–H groups in total. The molecule has 0 aromatic heterocycles. The summed E-state index contributed by atoms with van der Waals surface area (Å²) < 4.78 is 5.20. The highest BCUT2D eigenvalue weighted by molar-refractivity contribution is 5.37. The maximum atomic E-state index is 5.58. The maximum absolute atomic E-state index is 5.58. The molecule has 14 heavy (non-hydrogen) atoms. The van der Waals surface area contributed by atoms with Crippen LogP contribution >= 0.6 is 0 Å². The van der Waals surface area contributed by atoms with Crippen LogP contribution in [0.5, 0.6) is 5.75 Å². The zero-order valence-electron chi connectivity index (χ0n) is 9.21. The molecule has 0 radical (unpaired) electrons. The molecule has 0 amide bonds. The smallest absolute Gasteiger partial charge is 0.119 e. The third kappa shape index (κ3) is 2.48. The minimum absolute atomic E-state index is 0.544. The van der Waals surface area contributed by atoms with Gasteiger partial charge in [0.25, 0.3) is 0 Å². The fourth-order valence-electron chi connectivity index (χ4n) is 1.64. The van der Waals surface area contributed by atoms with Gasteiger partial charge in [-0.05, 0) is 42.1 Å². The molecule has 0 bridgehead atoms. The van der Waals surface area contributed by atoms with Crippen LogP contribution in [0.1, 0.15) is 30.9 Å². The lowest BCUT2D eigenvalue weighted by molar-refractivity contribution is 0.414. The van der Waals surface area contributed by atoms with E-state index < -0.39 is 0 Å². The van der Waals surface area contributed by atoms with Gasteiger partial charge < -0.3 is 10.5 Å². The molecule has 0 aliphatic carbocycles. The van der Waals surface area contributed by atoms with Crippen LogP contribution in [-0.2, 0) is 6.42 Å². The summed E-state index contributed by atoms with van der Waals surface area (Å²) in [5, 5.41) is 0. The third-order valence-electron chi connectivity index (χ3n) is 2.39. The highest BCUT2D eigenvalue weighted by atomic mass is 16.5. The second-order valence-electron chi connectivity index (χ2n) is 3.76. The van der Waals surface area contributed by atoms with Crippen molar-refractivity contribution in [1.82, 2.24) is 0 Å². The van der Waals surface area contributed by atoms with E-state index in [1.807, 2.05) is 6.07 Å². The first-order valence-electron chi connectivity index (χ1n) is 5.06. The first-order chi connectivity index (χ1) is 6.69. The lowest BCUT2D eigenvalue weighted by atomic mass is 9.95. The van der Waals surface area contributed by atoms with Gasteiger partial charge >= 0.3 is 0 Å². The second-order valence-corrected chi connectivity index (χ2v) is 3.76. The quantitative estimate of drug-likeness (QED) is 0.796. The molecule has 1 aromatic rings. The summed E-state index contributed by atoms with van der Waals surface area (Å²) >= 11 is 0. The van der Waals surface area contributed by atoms with Gasteiger partial charge in [0.1, 0.15) is 5.75 Å². The van der Waals surface area contributed by atoms with Gasteiger partial charge in [-0.1, -0.05) is 19.9 Å². The Balaban J connectivity index is 3.03. The van der Waals surface area contributed by atoms with E-state index in [0.717, 1.165) is 12.2 Å². The van der Waals surface area contributed by atoms with E-state index in [2.05, 4.69) is 26.0 Å². The Labute approximate surface area is 86.1 Å². The fourth-order valence-corrected chi connectivity index (χ4v) is 1.64. The molecule has 0 atom stereocenters. The SMILES string of the molecule is COc1ccc(C(C)C)c(CCN)c1. The number of ether oxygens (including phenoxy) is 1. The lowest BCUT2D eigenvalue weighted by Crippen LogP contribution is -2.06. The minimum Gasteiger partial charge on any atom is -0.497 e. The van der Waals surface area contributed by atoms with E-state index >= 15 is 0 Å². The molecule has 0 saturated carbocycles. The molecule has 1 rings (SSSR count). The summed E-state index contributed by atoms with van der Waals surface area (Å²) in [4.78, 5) is 0. The average Bonchev–Trinajstić information content (AvgIpc) is 2.17. The standard InChI is InChI=1S/C12H19NO/c1-9(2)12-5-4-11(14-3)8-10(12)6-7-13/h4-5,8-9H,6-7,13H2,1-3H3. The molecule has 0 aliphatic rings. The van der Waals surface area contributed by atoms with Gasteiger partial charge in [0, 0.05) is 0 Å². The monoisotopic (exact) mass is 193 g/mol. The number of methoxy groups -OCH3 is 1. The predicted molar refractivity (Wildman–Crippen MR) is 59.8 cm³/mol. The molecule has 2 nitrogen and oxygen atoms in total. The Morgan fingerprint density at radius 1 is 1.36 bits per heavy atom. The summed E-state index contributed by atoms with van der Waals surface area (Å²) in [6.45, 7) is 5.08. The zero-order chi connectivity index (χ0) is 10.6. The highest BCUT2D eigenvalue weighted by Gasteiger charge is 2.06. The van der Waals surface area contributed by atoms with Gasteiger partial charge in [-0.3, -0.25) is 0 Å². The molecule has 78 valence electrons. The minimum atomic E-state index is 0.544. The molecule has 0 fully saturated rings. The van der Waals surface area contributed by atoms with E-state index in [1.165, 1.54) is 11.1 Å². The zero-order valence-corrected chi connectivity index (χ0v) is 9.21. The highest BCUT2D eigenvalue weighted by Crippen LogP contribution is 2.24. The molecule has 0 saturated heterocycles. The lowest BCUT2D eigenvalue weighted by Gasteiger charge is -2.13. The van der Waals surface area contributed by atoms with Crippen LogP contribution in [0.3, 0.4) is 0 Å². The molecular formula is C12H19NO. The average molecular weight is 193 g/mol. The van der Waals surface area contributed by atoms with Gasteiger partial charge in [-0.15, -0.1) is 0 Å². The molecule has 0 unspecified atom stereocenters. The fraction of sp³-hybridized carbons (Fsp3) is 0.500. The van der Waals surface area contributed by atoms with Crippen LogP contribution < -0.4 is 10.5 Å². The Hall–Kier alpha value is -1.02. The molecule has 0 spiro atoms. The largest absolute Gasteiger partial charge is 0.497 e. The Morgan fingerprint density at radius 3 is 2.57 bits per heavy atom. The van der Waals surface area contributed by atoms with Crippen molar-refractivity contribution in [3.05, 3.63) is 29.3 Å². The van der Waals surface area contributed by atoms with Crippen molar-refractivity contribution in [2.75, 3.05) is 13.7 Å². The maximum Gasteiger partial charge on any atom is 0.119 e. The summed E-state index contributed by atoms with van der Waals surface area (Å²) in [7, 11) is 1.69. The molecule has 0 heterocycles. The number of nitrogens with two attached hydrogens (primary N) is 1. The Bertz CT molecular complexity index is 294. The van der Waals surface area contributed by atoms with Gasteiger partial charge in [0.15, 0.2) is 0 Å². The van der Waals surface area contributed by atoms with Crippen LogP contribution in [0.2, 0.25) is 0 Å². The van der Waals surface area contributed by atoms with Gasteiger partial charge in [0.2, 0.25) is 0 Å². The molecule has 1 aromatic carbocycles. The van der Waals surface area contributed by atoms with E-state index in [9.17, 15) is 0 Å². The number of hydrogen-bond donors (Lipinski definition) is 1. The van der Waals surface area contributed by atoms with Crippen LogP contribution in [0.15, 0.2) is 18.2 Å². The summed E-state index contributed by atoms with van der Waals surface area (Å²) in [6, 6.07) is 6.23. The third-order valence-corrected chi connectivity index (χ3v) is 2.39. The second kappa shape index (κ2) is 5.01. The molecule has 0 aliphatic heterocycles. The molecular weight excluding hydrogens is 174 g/mol. The van der Waals surface area contributed by atoms with Crippen LogP contribution in [0.25, 0.3) is 0 Å². The van der Waals surface area contributed by atoms with E-state index in [1.54, 1.807) is 7.11 Å². The number of rotatable bonds is 4. The van der Waals surface area contributed by atoms with Crippen molar-refractivity contribution in [2.24, 2.45) is 5.73 Å². The molecule has 2 heteroatoms. The predicted octanol–water partition coefficient (Wildman–Crippen LogP) is 2.32. The van der Waals surface area contributed by atoms with Gasteiger partial charge in [-0.25, -0.2) is 0 Å². The van der Waals surface area contributed by atoms with Crippen molar-refractivity contribution in [3.63, 3.8) is 0 Å². The van der Waals surface area contributed by atoms with Gasteiger partial charge in [-0.2, -0.15) is 0 Å². The Morgan fingerprint density at radius 2 is 2.07 bits per heavy atom. The van der Waals surface area contributed by atoms with E-state index in [0.29, 0.717) is 12.5 Å². The van der Waals surface area contributed by atoms with Crippen molar-refractivity contribution in [2.45, 2.75) is 26.2 Å². The van der Waals surface area contributed by atoms with Crippen LogP contribution in [-0.4, -0.2) is 13.7 Å². The van der Waals surface area contributed by atoms with Crippen molar-refractivity contribution < 1.29 is 4.74 Å². The summed E-state index contributed by atoms with van der Waals surface area (Å²) in [5.74, 6) is 1.46. The van der Waals surface area contributed by atoms with Crippen molar-refractivity contribution in [1.29, 1.82) is 0 Å². The number of hydrogen-bond acceptors (Lipinski definition) is 2. The first-order valence-corrected chi connectivity index (χ1v) is 5.06. The first kappa shape index (κ1) is 11.1. The summed E-state index contributed by atoms with van der Waals surface area (Å²) in [5.41, 5.74) is 8.26. The van der Waals surface area contributed by atoms with E-state index in [4.69, 9.17) is 10.5 Å². The normalized spacial score (nSPS) is 10.6. The van der Waals surface area contributed by atoms with E-state index in [-0.39, 0.29) is 0 Å².